The van der Waals surface area contributed by atoms with Crippen molar-refractivity contribution in [3.8, 4) is 0 Å². The van der Waals surface area contributed by atoms with Crippen LogP contribution in [0.1, 0.15) is 11.3 Å². The van der Waals surface area contributed by atoms with Gasteiger partial charge in [-0.2, -0.15) is 0 Å². The normalized spacial score (nSPS) is 10.2. The molecule has 0 aliphatic carbocycles. The number of aromatic nitrogens is 1. The predicted molar refractivity (Wildman–Crippen MR) is 78.4 cm³/mol. The summed E-state index contributed by atoms with van der Waals surface area (Å²) < 4.78 is 0. The number of para-hydroxylation sites is 1. The van der Waals surface area contributed by atoms with Crippen LogP contribution in [0, 0.1) is 0 Å². The molecule has 4 nitrogen and oxygen atoms in total. The first-order chi connectivity index (χ1) is 9.16. The molecule has 0 fully saturated rings. The van der Waals surface area contributed by atoms with Crippen LogP contribution in [-0.4, -0.2) is 25.0 Å². The van der Waals surface area contributed by atoms with Crippen LogP contribution in [0.3, 0.4) is 0 Å². The zero-order valence-electron chi connectivity index (χ0n) is 11.1. The van der Waals surface area contributed by atoms with Gasteiger partial charge in [-0.15, -0.1) is 11.3 Å². The summed E-state index contributed by atoms with van der Waals surface area (Å²) >= 11 is 1.50. The number of carbonyl (C=O) groups is 1. The molecule has 0 saturated heterocycles. The molecule has 0 spiro atoms. The topological polar surface area (TPSA) is 45.2 Å². The van der Waals surface area contributed by atoms with Gasteiger partial charge in [0.1, 0.15) is 0 Å². The van der Waals surface area contributed by atoms with Crippen LogP contribution in [-0.2, 0) is 17.8 Å². The first-order valence-corrected chi connectivity index (χ1v) is 7.00. The van der Waals surface area contributed by atoms with Crippen LogP contribution in [0.15, 0.2) is 35.2 Å². The molecule has 0 radical (unpaired) electrons. The van der Waals surface area contributed by atoms with Gasteiger partial charge in [0.15, 0.2) is 0 Å². The Morgan fingerprint density at radius 1 is 1.37 bits per heavy atom. The number of benzene rings is 1. The Bertz CT molecular complexity index is 537. The van der Waals surface area contributed by atoms with E-state index in [2.05, 4.69) is 10.3 Å². The summed E-state index contributed by atoms with van der Waals surface area (Å²) in [6.45, 7) is 0.539. The third-order valence-corrected chi connectivity index (χ3v) is 3.41. The van der Waals surface area contributed by atoms with Crippen LogP contribution in [0.25, 0.3) is 0 Å². The fraction of sp³-hybridized carbons (Fsp3) is 0.286. The number of anilines is 1. The summed E-state index contributed by atoms with van der Waals surface area (Å²) in [5, 5.41) is 4.83. The van der Waals surface area contributed by atoms with E-state index < -0.39 is 0 Å². The molecular weight excluding hydrogens is 258 g/mol. The minimum Gasteiger partial charge on any atom is -0.377 e. The quantitative estimate of drug-likeness (QED) is 0.908. The standard InChI is InChI=1S/C14H17N3OS/c1-17(2)13-6-4-3-5-11(13)8-15-14(18)7-12-9-19-10-16-12/h3-6,9-10H,7-8H2,1-2H3,(H,15,18). The summed E-state index contributed by atoms with van der Waals surface area (Å²) in [6.07, 6.45) is 0.341. The number of nitrogens with zero attached hydrogens (tertiary/aromatic N) is 2. The Labute approximate surface area is 117 Å². The van der Waals surface area contributed by atoms with E-state index in [0.717, 1.165) is 16.9 Å². The third kappa shape index (κ3) is 3.79. The van der Waals surface area contributed by atoms with E-state index in [1.54, 1.807) is 5.51 Å². The molecule has 2 aromatic rings. The molecule has 0 aliphatic heterocycles. The van der Waals surface area contributed by atoms with Gasteiger partial charge in [-0.25, -0.2) is 4.98 Å². The minimum atomic E-state index is -0.000501. The second-order valence-electron chi connectivity index (χ2n) is 4.46. The fourth-order valence-electron chi connectivity index (χ4n) is 1.84. The molecule has 1 heterocycles. The van der Waals surface area contributed by atoms with Crippen molar-refractivity contribution in [3.05, 3.63) is 46.4 Å². The lowest BCUT2D eigenvalue weighted by atomic mass is 10.1. The first kappa shape index (κ1) is 13.5. The highest BCUT2D eigenvalue weighted by Crippen LogP contribution is 2.17. The number of hydrogen-bond donors (Lipinski definition) is 1. The van der Waals surface area contributed by atoms with Crippen LogP contribution >= 0.6 is 11.3 Å². The molecule has 0 bridgehead atoms. The Morgan fingerprint density at radius 3 is 2.84 bits per heavy atom. The summed E-state index contributed by atoms with van der Waals surface area (Å²) in [6, 6.07) is 8.05. The van der Waals surface area contributed by atoms with Gasteiger partial charge < -0.3 is 10.2 Å². The van der Waals surface area contributed by atoms with Crippen LogP contribution in [0.4, 0.5) is 5.69 Å². The predicted octanol–water partition coefficient (Wildman–Crippen LogP) is 2.07. The summed E-state index contributed by atoms with van der Waals surface area (Å²) in [5.41, 5.74) is 4.79. The van der Waals surface area contributed by atoms with Crippen molar-refractivity contribution in [3.63, 3.8) is 0 Å². The van der Waals surface area contributed by atoms with E-state index in [0.29, 0.717) is 13.0 Å². The van der Waals surface area contributed by atoms with Gasteiger partial charge in [-0.05, 0) is 11.6 Å². The van der Waals surface area contributed by atoms with Crippen molar-refractivity contribution in [2.75, 3.05) is 19.0 Å². The first-order valence-electron chi connectivity index (χ1n) is 6.06. The molecule has 0 saturated carbocycles. The lowest BCUT2D eigenvalue weighted by Gasteiger charge is -2.17. The molecule has 5 heteroatoms. The highest BCUT2D eigenvalue weighted by molar-refractivity contribution is 7.07. The SMILES string of the molecule is CN(C)c1ccccc1CNC(=O)Cc1cscn1. The van der Waals surface area contributed by atoms with Gasteiger partial charge in [0.05, 0.1) is 17.6 Å². The zero-order valence-corrected chi connectivity index (χ0v) is 11.9. The van der Waals surface area contributed by atoms with E-state index >= 15 is 0 Å². The van der Waals surface area contributed by atoms with Crippen molar-refractivity contribution in [1.82, 2.24) is 10.3 Å². The maximum Gasteiger partial charge on any atom is 0.226 e. The van der Waals surface area contributed by atoms with E-state index in [4.69, 9.17) is 0 Å². The number of nitrogens with one attached hydrogen (secondary N) is 1. The molecule has 0 aliphatic rings. The van der Waals surface area contributed by atoms with Crippen molar-refractivity contribution < 1.29 is 4.79 Å². The maximum absolute atomic E-state index is 11.8. The second-order valence-corrected chi connectivity index (χ2v) is 5.18. The Morgan fingerprint density at radius 2 is 2.16 bits per heavy atom. The average molecular weight is 275 g/mol. The number of rotatable bonds is 5. The Hall–Kier alpha value is -1.88. The Balaban J connectivity index is 1.93. The van der Waals surface area contributed by atoms with Crippen LogP contribution in [0.5, 0.6) is 0 Å². The van der Waals surface area contributed by atoms with Crippen molar-refractivity contribution in [2.24, 2.45) is 0 Å². The molecule has 1 amide bonds. The minimum absolute atomic E-state index is 0.000501. The van der Waals surface area contributed by atoms with Gasteiger partial charge in [0, 0.05) is 31.7 Å². The summed E-state index contributed by atoms with van der Waals surface area (Å²) in [4.78, 5) is 18.0. The Kier molecular flexibility index (Phi) is 4.52. The molecule has 0 unspecified atom stereocenters. The molecule has 100 valence electrons. The lowest BCUT2D eigenvalue weighted by Crippen LogP contribution is -2.25. The van der Waals surface area contributed by atoms with Crippen molar-refractivity contribution in [2.45, 2.75) is 13.0 Å². The zero-order chi connectivity index (χ0) is 13.7. The van der Waals surface area contributed by atoms with Crippen molar-refractivity contribution in [1.29, 1.82) is 0 Å². The molecular formula is C14H17N3OS. The highest BCUT2D eigenvalue weighted by atomic mass is 32.1. The number of carbonyl (C=O) groups excluding carboxylic acids is 1. The lowest BCUT2D eigenvalue weighted by molar-refractivity contribution is -0.120. The van der Waals surface area contributed by atoms with E-state index in [-0.39, 0.29) is 5.91 Å². The number of amides is 1. The highest BCUT2D eigenvalue weighted by Gasteiger charge is 2.07. The summed E-state index contributed by atoms with van der Waals surface area (Å²) in [5.74, 6) is -0.000501. The second kappa shape index (κ2) is 6.33. The molecule has 1 aromatic carbocycles. The molecule has 19 heavy (non-hydrogen) atoms. The third-order valence-electron chi connectivity index (χ3n) is 2.77. The smallest absolute Gasteiger partial charge is 0.226 e. The van der Waals surface area contributed by atoms with Crippen LogP contribution in [0.2, 0.25) is 0 Å². The molecule has 1 N–H and O–H groups in total. The van der Waals surface area contributed by atoms with Gasteiger partial charge in [0.25, 0.3) is 0 Å². The van der Waals surface area contributed by atoms with E-state index in [1.165, 1.54) is 11.3 Å². The summed E-state index contributed by atoms with van der Waals surface area (Å²) in [7, 11) is 3.99. The van der Waals surface area contributed by atoms with Gasteiger partial charge in [0.2, 0.25) is 5.91 Å². The van der Waals surface area contributed by atoms with Crippen molar-refractivity contribution >= 4 is 22.9 Å². The van der Waals surface area contributed by atoms with E-state index in [1.807, 2.05) is 48.6 Å². The van der Waals surface area contributed by atoms with Crippen LogP contribution < -0.4 is 10.2 Å². The van der Waals surface area contributed by atoms with Gasteiger partial charge >= 0.3 is 0 Å². The number of thiazole rings is 1. The fourth-order valence-corrected chi connectivity index (χ4v) is 2.40. The molecule has 2 rings (SSSR count). The number of hydrogen-bond acceptors (Lipinski definition) is 4. The largest absolute Gasteiger partial charge is 0.377 e. The van der Waals surface area contributed by atoms with E-state index in [9.17, 15) is 4.79 Å². The van der Waals surface area contributed by atoms with Gasteiger partial charge in [-0.3, -0.25) is 4.79 Å². The maximum atomic E-state index is 11.8. The van der Waals surface area contributed by atoms with Gasteiger partial charge in [-0.1, -0.05) is 18.2 Å². The average Bonchev–Trinajstić information content (AvgIpc) is 2.89. The molecule has 1 aromatic heterocycles. The molecule has 0 atom stereocenters. The monoisotopic (exact) mass is 275 g/mol.